The molecule has 26 heavy (non-hydrogen) atoms. The van der Waals surface area contributed by atoms with Crippen molar-refractivity contribution in [1.29, 1.82) is 0 Å². The molecule has 132 valence electrons. The monoisotopic (exact) mass is 351 g/mol. The van der Waals surface area contributed by atoms with E-state index in [0.717, 1.165) is 12.0 Å². The normalized spacial score (nSPS) is 10.4. The Bertz CT molecular complexity index is 880. The summed E-state index contributed by atoms with van der Waals surface area (Å²) in [7, 11) is 0. The molecule has 0 fully saturated rings. The molecule has 0 aliphatic carbocycles. The van der Waals surface area contributed by atoms with E-state index in [0.29, 0.717) is 23.7 Å². The van der Waals surface area contributed by atoms with Crippen molar-refractivity contribution >= 4 is 5.91 Å². The molecule has 3 aromatic rings. The van der Waals surface area contributed by atoms with Gasteiger partial charge in [0, 0.05) is 18.3 Å². The smallest absolute Gasteiger partial charge is 0.289 e. The molecule has 2 aromatic carbocycles. The Hall–Kier alpha value is -3.28. The molecule has 1 amide bonds. The lowest BCUT2D eigenvalue weighted by atomic mass is 10.1. The average Bonchev–Trinajstić information content (AvgIpc) is 2.68. The fraction of sp³-hybridized carbons (Fsp3) is 0.150. The number of nitrogens with zero attached hydrogens (tertiary/aromatic N) is 2. The first-order valence-corrected chi connectivity index (χ1v) is 8.31. The molecule has 0 bridgehead atoms. The zero-order chi connectivity index (χ0) is 18.4. The number of benzene rings is 2. The van der Waals surface area contributed by atoms with Crippen molar-refractivity contribution in [2.45, 2.75) is 13.3 Å². The zero-order valence-corrected chi connectivity index (χ0v) is 14.3. The number of aromatic nitrogens is 2. The number of carbonyl (C=O) groups excluding carboxylic acids is 1. The third-order valence-electron chi connectivity index (χ3n) is 3.59. The van der Waals surface area contributed by atoms with Gasteiger partial charge in [-0.2, -0.15) is 0 Å². The van der Waals surface area contributed by atoms with Crippen LogP contribution in [0.3, 0.4) is 0 Å². The van der Waals surface area contributed by atoms with E-state index in [1.807, 2.05) is 19.1 Å². The van der Waals surface area contributed by atoms with Gasteiger partial charge in [0.25, 0.3) is 5.91 Å². The fourth-order valence-corrected chi connectivity index (χ4v) is 2.28. The number of halogens is 1. The number of hydrogen-bond acceptors (Lipinski definition) is 4. The van der Waals surface area contributed by atoms with E-state index in [1.54, 1.807) is 36.5 Å². The molecule has 1 N–H and O–H groups in total. The first kappa shape index (κ1) is 17.5. The van der Waals surface area contributed by atoms with Crippen LogP contribution in [0.4, 0.5) is 4.39 Å². The van der Waals surface area contributed by atoms with E-state index >= 15 is 0 Å². The number of rotatable bonds is 6. The third-order valence-corrected chi connectivity index (χ3v) is 3.59. The molecular weight excluding hydrogens is 333 g/mol. The Morgan fingerprint density at radius 1 is 1.04 bits per heavy atom. The summed E-state index contributed by atoms with van der Waals surface area (Å²) in [5.41, 5.74) is 1.48. The van der Waals surface area contributed by atoms with Gasteiger partial charge in [-0.05, 0) is 61.0 Å². The summed E-state index contributed by atoms with van der Waals surface area (Å²) in [5, 5.41) is 2.76. The van der Waals surface area contributed by atoms with Crippen LogP contribution in [0, 0.1) is 5.82 Å². The minimum absolute atomic E-state index is 0.141. The third kappa shape index (κ3) is 4.42. The highest BCUT2D eigenvalue weighted by molar-refractivity contribution is 5.90. The van der Waals surface area contributed by atoms with E-state index in [4.69, 9.17) is 4.74 Å². The highest BCUT2D eigenvalue weighted by atomic mass is 19.1. The molecule has 0 spiro atoms. The second-order valence-corrected chi connectivity index (χ2v) is 5.60. The molecule has 0 atom stereocenters. The summed E-state index contributed by atoms with van der Waals surface area (Å²) in [5.74, 6) is 0.717. The van der Waals surface area contributed by atoms with Crippen LogP contribution in [0.1, 0.15) is 24.0 Å². The number of hydrogen-bond donors (Lipinski definition) is 1. The van der Waals surface area contributed by atoms with Crippen LogP contribution in [0.15, 0.2) is 60.8 Å². The van der Waals surface area contributed by atoms with Crippen LogP contribution in [0.25, 0.3) is 11.3 Å². The lowest BCUT2D eigenvalue weighted by Crippen LogP contribution is -2.26. The van der Waals surface area contributed by atoms with Crippen LogP contribution >= 0.6 is 0 Å². The average molecular weight is 351 g/mol. The molecule has 0 aliphatic heterocycles. The predicted octanol–water partition coefficient (Wildman–Crippen LogP) is 4.21. The zero-order valence-electron chi connectivity index (χ0n) is 14.3. The maximum absolute atomic E-state index is 12.9. The predicted molar refractivity (Wildman–Crippen MR) is 96.6 cm³/mol. The Labute approximate surface area is 150 Å². The summed E-state index contributed by atoms with van der Waals surface area (Å²) in [4.78, 5) is 20.3. The molecule has 0 aliphatic rings. The summed E-state index contributed by atoms with van der Waals surface area (Å²) in [6, 6.07) is 14.8. The lowest BCUT2D eigenvalue weighted by Gasteiger charge is -2.07. The van der Waals surface area contributed by atoms with Gasteiger partial charge in [-0.3, -0.25) is 4.79 Å². The Morgan fingerprint density at radius 2 is 1.69 bits per heavy atom. The Kier molecular flexibility index (Phi) is 5.53. The van der Waals surface area contributed by atoms with Gasteiger partial charge in [-0.25, -0.2) is 14.4 Å². The van der Waals surface area contributed by atoms with E-state index in [2.05, 4.69) is 15.3 Å². The molecule has 0 unspecified atom stereocenters. The summed E-state index contributed by atoms with van der Waals surface area (Å²) in [6.45, 7) is 2.56. The van der Waals surface area contributed by atoms with Crippen molar-refractivity contribution in [3.63, 3.8) is 0 Å². The van der Waals surface area contributed by atoms with Crippen LogP contribution in [-0.4, -0.2) is 22.4 Å². The van der Waals surface area contributed by atoms with Crippen LogP contribution in [0.5, 0.6) is 11.5 Å². The summed E-state index contributed by atoms with van der Waals surface area (Å²) >= 11 is 0. The number of ether oxygens (including phenoxy) is 1. The van der Waals surface area contributed by atoms with Gasteiger partial charge in [0.05, 0.1) is 5.69 Å². The van der Waals surface area contributed by atoms with Gasteiger partial charge in [-0.1, -0.05) is 6.92 Å². The Balaban J connectivity index is 1.74. The maximum Gasteiger partial charge on any atom is 0.289 e. The second-order valence-electron chi connectivity index (χ2n) is 5.60. The van der Waals surface area contributed by atoms with Crippen molar-refractivity contribution in [1.82, 2.24) is 15.3 Å². The molecule has 1 aromatic heterocycles. The van der Waals surface area contributed by atoms with Gasteiger partial charge >= 0.3 is 0 Å². The molecule has 5 nitrogen and oxygen atoms in total. The first-order valence-electron chi connectivity index (χ1n) is 8.31. The van der Waals surface area contributed by atoms with E-state index in [-0.39, 0.29) is 17.5 Å². The van der Waals surface area contributed by atoms with Crippen LogP contribution < -0.4 is 10.1 Å². The second kappa shape index (κ2) is 8.20. The van der Waals surface area contributed by atoms with Gasteiger partial charge in [0.2, 0.25) is 5.82 Å². The topological polar surface area (TPSA) is 64.1 Å². The lowest BCUT2D eigenvalue weighted by molar-refractivity contribution is 0.0943. The van der Waals surface area contributed by atoms with E-state index in [1.165, 1.54) is 12.1 Å². The van der Waals surface area contributed by atoms with Crippen LogP contribution in [0.2, 0.25) is 0 Å². The van der Waals surface area contributed by atoms with Crippen molar-refractivity contribution in [2.24, 2.45) is 0 Å². The highest BCUT2D eigenvalue weighted by Gasteiger charge is 2.10. The highest BCUT2D eigenvalue weighted by Crippen LogP contribution is 2.25. The minimum Gasteiger partial charge on any atom is -0.457 e. The molecule has 1 heterocycles. The first-order chi connectivity index (χ1) is 12.7. The quantitative estimate of drug-likeness (QED) is 0.722. The number of amides is 1. The minimum atomic E-state index is -0.310. The number of carbonyl (C=O) groups is 1. The van der Waals surface area contributed by atoms with Crippen LogP contribution in [-0.2, 0) is 0 Å². The molecule has 6 heteroatoms. The molecule has 0 saturated carbocycles. The van der Waals surface area contributed by atoms with Crippen molar-refractivity contribution in [3.05, 3.63) is 72.4 Å². The van der Waals surface area contributed by atoms with Gasteiger partial charge in [-0.15, -0.1) is 0 Å². The summed E-state index contributed by atoms with van der Waals surface area (Å²) in [6.07, 6.45) is 2.41. The number of nitrogens with one attached hydrogen (secondary N) is 1. The Morgan fingerprint density at radius 3 is 2.35 bits per heavy atom. The van der Waals surface area contributed by atoms with Crippen molar-refractivity contribution in [2.75, 3.05) is 6.54 Å². The molecule has 3 rings (SSSR count). The maximum atomic E-state index is 12.9. The van der Waals surface area contributed by atoms with Gasteiger partial charge < -0.3 is 10.1 Å². The van der Waals surface area contributed by atoms with Crippen molar-refractivity contribution in [3.8, 4) is 22.8 Å². The van der Waals surface area contributed by atoms with Gasteiger partial charge in [0.15, 0.2) is 0 Å². The van der Waals surface area contributed by atoms with Gasteiger partial charge in [0.1, 0.15) is 17.3 Å². The van der Waals surface area contributed by atoms with Crippen molar-refractivity contribution < 1.29 is 13.9 Å². The molecule has 0 radical (unpaired) electrons. The fourth-order valence-electron chi connectivity index (χ4n) is 2.28. The largest absolute Gasteiger partial charge is 0.457 e. The summed E-state index contributed by atoms with van der Waals surface area (Å²) < 4.78 is 18.6. The standard InChI is InChI=1S/C20H18FN3O2/c1-2-12-23-20(25)19-22-13-11-18(24-19)14-3-7-16(8-4-14)26-17-9-5-15(21)6-10-17/h3-11,13H,2,12H2,1H3,(H,23,25). The molecular formula is C20H18FN3O2. The van der Waals surface area contributed by atoms with E-state index in [9.17, 15) is 9.18 Å². The van der Waals surface area contributed by atoms with E-state index < -0.39 is 0 Å². The SMILES string of the molecule is CCCNC(=O)c1nccc(-c2ccc(Oc3ccc(F)cc3)cc2)n1. The molecule has 0 saturated heterocycles.